The van der Waals surface area contributed by atoms with Gasteiger partial charge in [0.2, 0.25) is 0 Å². The van der Waals surface area contributed by atoms with Crippen LogP contribution in [0, 0.1) is 11.3 Å². The van der Waals surface area contributed by atoms with Gasteiger partial charge in [0.15, 0.2) is 0 Å². The summed E-state index contributed by atoms with van der Waals surface area (Å²) in [5.41, 5.74) is 2.45. The van der Waals surface area contributed by atoms with E-state index in [0.717, 1.165) is 11.3 Å². The van der Waals surface area contributed by atoms with Gasteiger partial charge in [0.05, 0.1) is 0 Å². The van der Waals surface area contributed by atoms with Crippen molar-refractivity contribution in [2.75, 3.05) is 5.32 Å². The molecule has 0 aromatic heterocycles. The molecular weight excluding hydrogens is 208 g/mol. The van der Waals surface area contributed by atoms with Crippen molar-refractivity contribution in [1.82, 2.24) is 0 Å². The van der Waals surface area contributed by atoms with Crippen molar-refractivity contribution in [3.63, 3.8) is 0 Å². The molecule has 82 valence electrons. The van der Waals surface area contributed by atoms with Gasteiger partial charge >= 0.3 is 0 Å². The normalized spacial score (nSPS) is 10.6. The highest BCUT2D eigenvalue weighted by atomic mass is 14.9. The third kappa shape index (κ3) is 3.22. The van der Waals surface area contributed by atoms with Crippen LogP contribution >= 0.6 is 0 Å². The Morgan fingerprint density at radius 2 is 1.53 bits per heavy atom. The number of hydrogen-bond donors (Lipinski definition) is 1. The van der Waals surface area contributed by atoms with Crippen LogP contribution in [0.2, 0.25) is 0 Å². The molecule has 2 aromatic rings. The molecule has 2 nitrogen and oxygen atoms in total. The maximum absolute atomic E-state index is 9.07. The minimum absolute atomic E-state index is 0.530. The Morgan fingerprint density at radius 1 is 0.941 bits per heavy atom. The van der Waals surface area contributed by atoms with Crippen LogP contribution in [0.5, 0.6) is 0 Å². The monoisotopic (exact) mass is 220 g/mol. The van der Waals surface area contributed by atoms with E-state index >= 15 is 0 Å². The van der Waals surface area contributed by atoms with Crippen molar-refractivity contribution >= 4 is 11.8 Å². The quantitative estimate of drug-likeness (QED) is 0.801. The van der Waals surface area contributed by atoms with Crippen LogP contribution in [0.15, 0.2) is 66.4 Å². The van der Waals surface area contributed by atoms with E-state index in [9.17, 15) is 0 Å². The fraction of sp³-hybridized carbons (Fsp3) is 0. The molecule has 0 atom stereocenters. The highest BCUT2D eigenvalue weighted by molar-refractivity contribution is 5.63. The Bertz CT molecular complexity index is 536. The molecule has 2 aromatic carbocycles. The summed E-state index contributed by atoms with van der Waals surface area (Å²) in [4.78, 5) is 0. The molecule has 0 aliphatic heterocycles. The molecule has 0 heterocycles. The van der Waals surface area contributed by atoms with Crippen LogP contribution in [0.25, 0.3) is 6.08 Å². The Kier molecular flexibility index (Phi) is 3.57. The van der Waals surface area contributed by atoms with Gasteiger partial charge in [-0.05, 0) is 23.8 Å². The predicted molar refractivity (Wildman–Crippen MR) is 70.1 cm³/mol. The van der Waals surface area contributed by atoms with Gasteiger partial charge in [-0.15, -0.1) is 0 Å². The lowest BCUT2D eigenvalue weighted by molar-refractivity contribution is 1.44. The topological polar surface area (TPSA) is 35.8 Å². The summed E-state index contributed by atoms with van der Waals surface area (Å²) < 4.78 is 0. The van der Waals surface area contributed by atoms with Crippen LogP contribution in [0.3, 0.4) is 0 Å². The summed E-state index contributed by atoms with van der Waals surface area (Å²) in [6, 6.07) is 21.6. The Labute approximate surface area is 101 Å². The molecular formula is C15H12N2. The molecule has 0 unspecified atom stereocenters. The summed E-state index contributed by atoms with van der Waals surface area (Å²) in [6.07, 6.45) is 1.83. The predicted octanol–water partition coefficient (Wildman–Crippen LogP) is 3.66. The zero-order valence-corrected chi connectivity index (χ0v) is 9.30. The fourth-order valence-electron chi connectivity index (χ4n) is 1.49. The molecule has 1 N–H and O–H groups in total. The van der Waals surface area contributed by atoms with Crippen molar-refractivity contribution in [2.24, 2.45) is 0 Å². The maximum Gasteiger partial charge on any atom is 0.118 e. The number of nitriles is 1. The SMILES string of the molecule is N#C/C(=C\c1ccccc1)Nc1ccccc1. The molecule has 0 bridgehead atoms. The van der Waals surface area contributed by atoms with Crippen LogP contribution in [-0.4, -0.2) is 0 Å². The molecule has 0 spiro atoms. The summed E-state index contributed by atoms with van der Waals surface area (Å²) in [5.74, 6) is 0. The summed E-state index contributed by atoms with van der Waals surface area (Å²) in [7, 11) is 0. The Balaban J connectivity index is 2.19. The van der Waals surface area contributed by atoms with E-state index in [4.69, 9.17) is 5.26 Å². The zero-order chi connectivity index (χ0) is 11.9. The van der Waals surface area contributed by atoms with Gasteiger partial charge in [-0.3, -0.25) is 0 Å². The minimum atomic E-state index is 0.530. The van der Waals surface area contributed by atoms with Crippen molar-refractivity contribution < 1.29 is 0 Å². The van der Waals surface area contributed by atoms with E-state index in [1.807, 2.05) is 66.7 Å². The van der Waals surface area contributed by atoms with Gasteiger partial charge in [-0.25, -0.2) is 0 Å². The molecule has 17 heavy (non-hydrogen) atoms. The summed E-state index contributed by atoms with van der Waals surface area (Å²) >= 11 is 0. The first-order valence-electron chi connectivity index (χ1n) is 5.37. The van der Waals surface area contributed by atoms with E-state index in [2.05, 4.69) is 11.4 Å². The number of benzene rings is 2. The van der Waals surface area contributed by atoms with E-state index in [0.29, 0.717) is 5.70 Å². The number of para-hydroxylation sites is 1. The number of nitrogens with one attached hydrogen (secondary N) is 1. The molecule has 0 aliphatic rings. The first kappa shape index (κ1) is 11.0. The minimum Gasteiger partial charge on any atom is -0.347 e. The van der Waals surface area contributed by atoms with Crippen molar-refractivity contribution in [2.45, 2.75) is 0 Å². The maximum atomic E-state index is 9.07. The lowest BCUT2D eigenvalue weighted by atomic mass is 10.2. The number of hydrogen-bond acceptors (Lipinski definition) is 2. The number of nitrogens with zero attached hydrogens (tertiary/aromatic N) is 1. The molecule has 0 saturated carbocycles. The van der Waals surface area contributed by atoms with Crippen LogP contribution < -0.4 is 5.32 Å². The summed E-state index contributed by atoms with van der Waals surface area (Å²) in [5, 5.41) is 12.1. The molecule has 0 fully saturated rings. The van der Waals surface area contributed by atoms with Gasteiger partial charge in [0.1, 0.15) is 11.8 Å². The molecule has 2 heteroatoms. The number of rotatable bonds is 3. The van der Waals surface area contributed by atoms with Gasteiger partial charge in [0, 0.05) is 5.69 Å². The van der Waals surface area contributed by atoms with Crippen LogP contribution in [-0.2, 0) is 0 Å². The van der Waals surface area contributed by atoms with E-state index < -0.39 is 0 Å². The van der Waals surface area contributed by atoms with E-state index in [-0.39, 0.29) is 0 Å². The fourth-order valence-corrected chi connectivity index (χ4v) is 1.49. The molecule has 0 aliphatic carbocycles. The third-order valence-electron chi connectivity index (χ3n) is 2.28. The number of allylic oxidation sites excluding steroid dienone is 1. The Morgan fingerprint density at radius 3 is 2.12 bits per heavy atom. The number of anilines is 1. The molecule has 0 saturated heterocycles. The van der Waals surface area contributed by atoms with E-state index in [1.54, 1.807) is 0 Å². The standard InChI is InChI=1S/C15H12N2/c16-12-15(11-13-7-3-1-4-8-13)17-14-9-5-2-6-10-14/h1-11,17H/b15-11+. The third-order valence-corrected chi connectivity index (χ3v) is 2.28. The van der Waals surface area contributed by atoms with Gasteiger partial charge in [-0.1, -0.05) is 48.5 Å². The second kappa shape index (κ2) is 5.53. The largest absolute Gasteiger partial charge is 0.347 e. The van der Waals surface area contributed by atoms with Crippen molar-refractivity contribution in [3.05, 3.63) is 71.9 Å². The lowest BCUT2D eigenvalue weighted by Crippen LogP contribution is -1.96. The van der Waals surface area contributed by atoms with Gasteiger partial charge in [-0.2, -0.15) is 5.26 Å². The van der Waals surface area contributed by atoms with Crippen LogP contribution in [0.1, 0.15) is 5.56 Å². The average molecular weight is 220 g/mol. The summed E-state index contributed by atoms with van der Waals surface area (Å²) in [6.45, 7) is 0. The highest BCUT2D eigenvalue weighted by Gasteiger charge is 1.96. The van der Waals surface area contributed by atoms with Crippen molar-refractivity contribution in [3.8, 4) is 6.07 Å². The highest BCUT2D eigenvalue weighted by Crippen LogP contribution is 2.11. The first-order chi connectivity index (χ1) is 8.38. The van der Waals surface area contributed by atoms with Crippen LogP contribution in [0.4, 0.5) is 5.69 Å². The van der Waals surface area contributed by atoms with Gasteiger partial charge in [0.25, 0.3) is 0 Å². The average Bonchev–Trinajstić information content (AvgIpc) is 2.40. The molecule has 2 rings (SSSR count). The van der Waals surface area contributed by atoms with Crippen molar-refractivity contribution in [1.29, 1.82) is 5.26 Å². The van der Waals surface area contributed by atoms with Gasteiger partial charge < -0.3 is 5.32 Å². The second-order valence-corrected chi connectivity index (χ2v) is 3.57. The zero-order valence-electron chi connectivity index (χ0n) is 9.30. The Hall–Kier alpha value is -2.53. The van der Waals surface area contributed by atoms with E-state index in [1.165, 1.54) is 0 Å². The second-order valence-electron chi connectivity index (χ2n) is 3.57. The smallest absolute Gasteiger partial charge is 0.118 e. The first-order valence-corrected chi connectivity index (χ1v) is 5.37. The lowest BCUT2D eigenvalue weighted by Gasteiger charge is -2.03. The molecule has 0 amide bonds. The molecule has 0 radical (unpaired) electrons.